The lowest BCUT2D eigenvalue weighted by molar-refractivity contribution is -0.118. The molecule has 0 saturated heterocycles. The Morgan fingerprint density at radius 2 is 1.59 bits per heavy atom. The normalized spacial score (nSPS) is 12.2. The fraction of sp³-hybridized carbons (Fsp3) is 0.750. The number of hydrogen-bond donors (Lipinski definition) is 0. The fourth-order valence-corrected chi connectivity index (χ4v) is 0.715. The molecule has 1 amide bonds. The second-order valence-electron chi connectivity index (χ2n) is 2.92. The highest BCUT2D eigenvalue weighted by atomic mass is 19.4. The Bertz CT molecular complexity index is 277. The van der Waals surface area contributed by atoms with Crippen LogP contribution in [0.25, 0.3) is 0 Å². The molecule has 0 bridgehead atoms. The van der Waals surface area contributed by atoms with E-state index in [1.54, 1.807) is 6.92 Å². The molecule has 0 unspecified atom stereocenters. The molecule has 0 rings (SSSR count). The minimum Gasteiger partial charge on any atom is -0.448 e. The number of aliphatic imine (C=N–C) groups is 1. The molecular weight excluding hydrogens is 256 g/mol. The van der Waals surface area contributed by atoms with Gasteiger partial charge in [0.1, 0.15) is 0 Å². The monoisotopic (exact) mass is 265 g/mol. The summed E-state index contributed by atoms with van der Waals surface area (Å²) in [7, 11) is 0. The Balaban J connectivity index is 4.77. The first kappa shape index (κ1) is 15.7. The van der Waals surface area contributed by atoms with Crippen LogP contribution in [0.5, 0.6) is 0 Å². The van der Waals surface area contributed by atoms with E-state index in [0.717, 1.165) is 0 Å². The van der Waals surface area contributed by atoms with E-state index in [-0.39, 0.29) is 6.61 Å². The zero-order chi connectivity index (χ0) is 13.7. The molecule has 0 N–H and O–H groups in total. The third kappa shape index (κ3) is 6.12. The number of ether oxygens (including phenoxy) is 1. The SMILES string of the molecule is CCCCOC(=O)N=C(C(F)(F)F)C(F)(F)F. The summed E-state index contributed by atoms with van der Waals surface area (Å²) >= 11 is 0. The van der Waals surface area contributed by atoms with Gasteiger partial charge in [-0.2, -0.15) is 31.3 Å². The van der Waals surface area contributed by atoms with Gasteiger partial charge in [0.2, 0.25) is 5.71 Å². The maximum Gasteiger partial charge on any atom is 0.438 e. The van der Waals surface area contributed by atoms with Gasteiger partial charge in [-0.15, -0.1) is 0 Å². The van der Waals surface area contributed by atoms with E-state index in [1.807, 2.05) is 4.99 Å². The minimum absolute atomic E-state index is 0.276. The fourth-order valence-electron chi connectivity index (χ4n) is 0.715. The molecule has 0 aliphatic carbocycles. The molecule has 17 heavy (non-hydrogen) atoms. The number of hydrogen-bond acceptors (Lipinski definition) is 2. The lowest BCUT2D eigenvalue weighted by Crippen LogP contribution is -2.37. The van der Waals surface area contributed by atoms with E-state index in [9.17, 15) is 31.1 Å². The number of nitrogens with zero attached hydrogens (tertiary/aromatic N) is 1. The second kappa shape index (κ2) is 5.87. The number of rotatable bonds is 3. The van der Waals surface area contributed by atoms with Crippen LogP contribution in [-0.2, 0) is 4.74 Å². The lowest BCUT2D eigenvalue weighted by Gasteiger charge is -2.12. The molecule has 100 valence electrons. The Kier molecular flexibility index (Phi) is 5.43. The van der Waals surface area contributed by atoms with Gasteiger partial charge in [-0.25, -0.2) is 4.79 Å². The standard InChI is InChI=1S/C8H9F6NO2/c1-2-3-4-17-6(16)15-5(7(9,10)11)8(12,13)14/h2-4H2,1H3. The first-order chi connectivity index (χ1) is 7.59. The van der Waals surface area contributed by atoms with Gasteiger partial charge in [-0.3, -0.25) is 0 Å². The van der Waals surface area contributed by atoms with E-state index in [0.29, 0.717) is 12.8 Å². The van der Waals surface area contributed by atoms with Gasteiger partial charge in [-0.05, 0) is 6.42 Å². The van der Waals surface area contributed by atoms with Gasteiger partial charge in [0.15, 0.2) is 0 Å². The average Bonchev–Trinajstić information content (AvgIpc) is 2.11. The Labute approximate surface area is 92.5 Å². The molecule has 0 aliphatic rings. The number of unbranched alkanes of at least 4 members (excludes halogenated alkanes) is 1. The van der Waals surface area contributed by atoms with Gasteiger partial charge in [0.25, 0.3) is 0 Å². The van der Waals surface area contributed by atoms with Crippen molar-refractivity contribution >= 4 is 11.8 Å². The molecule has 0 saturated carbocycles. The van der Waals surface area contributed by atoms with Crippen molar-refractivity contribution in [1.29, 1.82) is 0 Å². The Morgan fingerprint density at radius 3 is 1.94 bits per heavy atom. The Morgan fingerprint density at radius 1 is 1.12 bits per heavy atom. The van der Waals surface area contributed by atoms with Crippen LogP contribution in [0.4, 0.5) is 31.1 Å². The highest BCUT2D eigenvalue weighted by Gasteiger charge is 2.53. The topological polar surface area (TPSA) is 38.7 Å². The summed E-state index contributed by atoms with van der Waals surface area (Å²) in [5, 5.41) is 0. The summed E-state index contributed by atoms with van der Waals surface area (Å²) in [5.74, 6) is 0. The zero-order valence-corrected chi connectivity index (χ0v) is 8.65. The highest BCUT2D eigenvalue weighted by molar-refractivity contribution is 6.00. The summed E-state index contributed by atoms with van der Waals surface area (Å²) in [4.78, 5) is 12.5. The molecule has 0 aliphatic heterocycles. The third-order valence-corrected chi connectivity index (χ3v) is 1.46. The predicted octanol–water partition coefficient (Wildman–Crippen LogP) is 3.49. The molecule has 0 aromatic rings. The number of halogens is 6. The molecule has 0 radical (unpaired) electrons. The van der Waals surface area contributed by atoms with Crippen LogP contribution in [0.2, 0.25) is 0 Å². The van der Waals surface area contributed by atoms with Gasteiger partial charge in [0.05, 0.1) is 6.61 Å². The number of alkyl halides is 6. The lowest BCUT2D eigenvalue weighted by atomic mass is 10.3. The van der Waals surface area contributed by atoms with Gasteiger partial charge in [0, 0.05) is 0 Å². The maximum absolute atomic E-state index is 11.9. The predicted molar refractivity (Wildman–Crippen MR) is 45.8 cm³/mol. The summed E-state index contributed by atoms with van der Waals surface area (Å²) < 4.78 is 75.5. The van der Waals surface area contributed by atoms with Crippen LogP contribution in [0, 0.1) is 0 Å². The summed E-state index contributed by atoms with van der Waals surface area (Å²) in [6.45, 7) is 1.43. The molecular formula is C8H9F6NO2. The first-order valence-electron chi connectivity index (χ1n) is 4.49. The van der Waals surface area contributed by atoms with Crippen molar-refractivity contribution in [3.05, 3.63) is 0 Å². The number of carbonyl (C=O) groups is 1. The quantitative estimate of drug-likeness (QED) is 0.445. The summed E-state index contributed by atoms with van der Waals surface area (Å²) in [6, 6.07) is 0. The van der Waals surface area contributed by atoms with Crippen LogP contribution >= 0.6 is 0 Å². The number of carbonyl (C=O) groups excluding carboxylic acids is 1. The van der Waals surface area contributed by atoms with E-state index in [1.165, 1.54) is 0 Å². The smallest absolute Gasteiger partial charge is 0.438 e. The Hall–Kier alpha value is -1.28. The third-order valence-electron chi connectivity index (χ3n) is 1.46. The van der Waals surface area contributed by atoms with Crippen molar-refractivity contribution < 1.29 is 35.9 Å². The van der Waals surface area contributed by atoms with Crippen molar-refractivity contribution in [1.82, 2.24) is 0 Å². The van der Waals surface area contributed by atoms with Gasteiger partial charge in [-0.1, -0.05) is 13.3 Å². The van der Waals surface area contributed by atoms with Crippen molar-refractivity contribution in [3.8, 4) is 0 Å². The molecule has 9 heteroatoms. The average molecular weight is 265 g/mol. The van der Waals surface area contributed by atoms with Gasteiger partial charge >= 0.3 is 18.4 Å². The minimum atomic E-state index is -5.75. The molecule has 0 spiro atoms. The molecule has 0 atom stereocenters. The highest BCUT2D eigenvalue weighted by Crippen LogP contribution is 2.30. The van der Waals surface area contributed by atoms with Crippen LogP contribution in [0.1, 0.15) is 19.8 Å². The van der Waals surface area contributed by atoms with Crippen molar-refractivity contribution in [2.24, 2.45) is 4.99 Å². The van der Waals surface area contributed by atoms with Crippen LogP contribution in [-0.4, -0.2) is 30.8 Å². The molecule has 0 fully saturated rings. The molecule has 3 nitrogen and oxygen atoms in total. The largest absolute Gasteiger partial charge is 0.448 e. The van der Waals surface area contributed by atoms with Crippen LogP contribution in [0.15, 0.2) is 4.99 Å². The maximum atomic E-state index is 11.9. The first-order valence-corrected chi connectivity index (χ1v) is 4.49. The molecule has 0 aromatic heterocycles. The van der Waals surface area contributed by atoms with E-state index in [2.05, 4.69) is 4.74 Å². The van der Waals surface area contributed by atoms with E-state index < -0.39 is 24.2 Å². The van der Waals surface area contributed by atoms with Crippen LogP contribution < -0.4 is 0 Å². The van der Waals surface area contributed by atoms with E-state index >= 15 is 0 Å². The van der Waals surface area contributed by atoms with Crippen molar-refractivity contribution in [3.63, 3.8) is 0 Å². The van der Waals surface area contributed by atoms with E-state index in [4.69, 9.17) is 0 Å². The van der Waals surface area contributed by atoms with Crippen molar-refractivity contribution in [2.45, 2.75) is 32.1 Å². The zero-order valence-electron chi connectivity index (χ0n) is 8.65. The molecule has 0 heterocycles. The van der Waals surface area contributed by atoms with Crippen molar-refractivity contribution in [2.75, 3.05) is 6.61 Å². The summed E-state index contributed by atoms with van der Waals surface area (Å²) in [5.41, 5.74) is -3.12. The number of amides is 1. The van der Waals surface area contributed by atoms with Gasteiger partial charge < -0.3 is 4.74 Å². The molecule has 0 aromatic carbocycles. The summed E-state index contributed by atoms with van der Waals surface area (Å²) in [6.07, 6.45) is -12.5. The second-order valence-corrected chi connectivity index (χ2v) is 2.92. The van der Waals surface area contributed by atoms with Crippen LogP contribution in [0.3, 0.4) is 0 Å².